The third-order valence-electron chi connectivity index (χ3n) is 3.06. The number of carbonyl (C=O) groups excluding carboxylic acids is 1. The van der Waals surface area contributed by atoms with Crippen molar-refractivity contribution in [2.45, 2.75) is 31.0 Å². The summed E-state index contributed by atoms with van der Waals surface area (Å²) in [5.74, 6) is 0.671. The molecule has 1 aliphatic rings. The van der Waals surface area contributed by atoms with Crippen molar-refractivity contribution in [3.8, 4) is 0 Å². The van der Waals surface area contributed by atoms with Gasteiger partial charge in [0, 0.05) is 13.1 Å². The highest BCUT2D eigenvalue weighted by Crippen LogP contribution is 2.27. The van der Waals surface area contributed by atoms with Gasteiger partial charge < -0.3 is 9.64 Å². The quantitative estimate of drug-likeness (QED) is 0.550. The molecule has 0 aromatic rings. The Balaban J connectivity index is 2.28. The summed E-state index contributed by atoms with van der Waals surface area (Å²) in [6.45, 7) is 5.00. The van der Waals surface area contributed by atoms with Gasteiger partial charge in [0.25, 0.3) is 0 Å². The molecule has 1 unspecified atom stereocenters. The van der Waals surface area contributed by atoms with Gasteiger partial charge >= 0.3 is 5.97 Å². The third-order valence-corrected chi connectivity index (χ3v) is 3.73. The van der Waals surface area contributed by atoms with Crippen LogP contribution in [0.4, 0.5) is 0 Å². The summed E-state index contributed by atoms with van der Waals surface area (Å²) in [6, 6.07) is 0. The minimum Gasteiger partial charge on any atom is -0.468 e. The largest absolute Gasteiger partial charge is 0.468 e. The number of ether oxygens (including phenoxy) is 1. The van der Waals surface area contributed by atoms with Crippen LogP contribution in [0.15, 0.2) is 0 Å². The van der Waals surface area contributed by atoms with Crippen molar-refractivity contribution >= 4 is 21.9 Å². The molecule has 0 radical (unpaired) electrons. The van der Waals surface area contributed by atoms with Crippen LogP contribution in [0.2, 0.25) is 0 Å². The van der Waals surface area contributed by atoms with Gasteiger partial charge in [0.05, 0.1) is 7.11 Å². The number of nitrogens with zero attached hydrogens (tertiary/aromatic N) is 1. The molecule has 1 fully saturated rings. The molecule has 0 aliphatic heterocycles. The molecule has 4 heteroatoms. The van der Waals surface area contributed by atoms with Gasteiger partial charge in [-0.1, -0.05) is 29.3 Å². The van der Waals surface area contributed by atoms with Crippen molar-refractivity contribution < 1.29 is 9.53 Å². The van der Waals surface area contributed by atoms with Crippen molar-refractivity contribution in [1.82, 2.24) is 4.90 Å². The zero-order chi connectivity index (χ0) is 11.3. The van der Waals surface area contributed by atoms with Gasteiger partial charge in [0.1, 0.15) is 4.83 Å². The predicted molar refractivity (Wildman–Crippen MR) is 64.2 cm³/mol. The normalized spacial score (nSPS) is 18.7. The Labute approximate surface area is 100 Å². The average Bonchev–Trinajstić information content (AvgIpc) is 2.19. The molecule has 88 valence electrons. The summed E-state index contributed by atoms with van der Waals surface area (Å²) in [5.41, 5.74) is 0. The molecule has 0 amide bonds. The fraction of sp³-hybridized carbons (Fsp3) is 0.909. The van der Waals surface area contributed by atoms with Gasteiger partial charge in [-0.25, -0.2) is 0 Å². The first-order valence-corrected chi connectivity index (χ1v) is 6.53. The van der Waals surface area contributed by atoms with E-state index in [1.165, 1.54) is 26.4 Å². The molecule has 0 saturated heterocycles. The zero-order valence-corrected chi connectivity index (χ0v) is 11.1. The Morgan fingerprint density at radius 3 is 2.67 bits per heavy atom. The van der Waals surface area contributed by atoms with E-state index in [0.29, 0.717) is 0 Å². The highest BCUT2D eigenvalue weighted by Gasteiger charge is 2.23. The molecular formula is C11H20BrNO2. The lowest BCUT2D eigenvalue weighted by atomic mass is 9.85. The maximum atomic E-state index is 11.2. The van der Waals surface area contributed by atoms with Crippen LogP contribution in [0.25, 0.3) is 0 Å². The van der Waals surface area contributed by atoms with Crippen LogP contribution in [0.5, 0.6) is 0 Å². The standard InChI is InChI=1S/C11H20BrNO2/c1-3-13(7-9-5-4-6-9)8-10(12)11(14)15-2/h9-10H,3-8H2,1-2H3. The molecule has 1 aliphatic carbocycles. The molecule has 3 nitrogen and oxygen atoms in total. The van der Waals surface area contributed by atoms with Gasteiger partial charge in [-0.2, -0.15) is 0 Å². The average molecular weight is 278 g/mol. The number of hydrogen-bond donors (Lipinski definition) is 0. The number of rotatable bonds is 6. The summed E-state index contributed by atoms with van der Waals surface area (Å²) in [5, 5.41) is 0. The third kappa shape index (κ3) is 4.11. The second-order valence-corrected chi connectivity index (χ2v) is 5.25. The molecule has 1 rings (SSSR count). The zero-order valence-electron chi connectivity index (χ0n) is 9.54. The lowest BCUT2D eigenvalue weighted by Crippen LogP contribution is -2.38. The Morgan fingerprint density at radius 1 is 1.60 bits per heavy atom. The number of carbonyl (C=O) groups is 1. The van der Waals surface area contributed by atoms with Crippen LogP contribution < -0.4 is 0 Å². The molecular weight excluding hydrogens is 258 g/mol. The topological polar surface area (TPSA) is 29.5 Å². The predicted octanol–water partition coefficient (Wildman–Crippen LogP) is 2.04. The number of methoxy groups -OCH3 is 1. The van der Waals surface area contributed by atoms with E-state index in [-0.39, 0.29) is 10.8 Å². The summed E-state index contributed by atoms with van der Waals surface area (Å²) in [6.07, 6.45) is 4.07. The summed E-state index contributed by atoms with van der Waals surface area (Å²) >= 11 is 3.36. The van der Waals surface area contributed by atoms with Crippen molar-refractivity contribution in [2.24, 2.45) is 5.92 Å². The minimum absolute atomic E-state index is 0.179. The van der Waals surface area contributed by atoms with E-state index in [0.717, 1.165) is 25.6 Å². The van der Waals surface area contributed by atoms with E-state index in [4.69, 9.17) is 4.74 Å². The van der Waals surface area contributed by atoms with E-state index in [9.17, 15) is 4.79 Å². The molecule has 1 saturated carbocycles. The van der Waals surface area contributed by atoms with E-state index >= 15 is 0 Å². The molecule has 0 heterocycles. The lowest BCUT2D eigenvalue weighted by Gasteiger charge is -2.32. The van der Waals surface area contributed by atoms with E-state index in [1.54, 1.807) is 0 Å². The second kappa shape index (κ2) is 6.48. The molecule has 0 N–H and O–H groups in total. The van der Waals surface area contributed by atoms with Gasteiger partial charge in [-0.3, -0.25) is 4.79 Å². The molecule has 0 aromatic heterocycles. The van der Waals surface area contributed by atoms with E-state index in [1.807, 2.05) is 0 Å². The smallest absolute Gasteiger partial charge is 0.320 e. The lowest BCUT2D eigenvalue weighted by molar-refractivity contribution is -0.140. The van der Waals surface area contributed by atoms with Crippen molar-refractivity contribution in [1.29, 1.82) is 0 Å². The maximum Gasteiger partial charge on any atom is 0.320 e. The Hall–Kier alpha value is -0.0900. The molecule has 0 bridgehead atoms. The van der Waals surface area contributed by atoms with Gasteiger partial charge in [0.2, 0.25) is 0 Å². The monoisotopic (exact) mass is 277 g/mol. The van der Waals surface area contributed by atoms with Crippen LogP contribution in [0.1, 0.15) is 26.2 Å². The molecule has 0 aromatic carbocycles. The SMILES string of the molecule is CCN(CC1CCC1)CC(Br)C(=O)OC. The number of esters is 1. The van der Waals surface area contributed by atoms with Crippen molar-refractivity contribution in [2.75, 3.05) is 26.7 Å². The summed E-state index contributed by atoms with van der Waals surface area (Å²) < 4.78 is 4.69. The maximum absolute atomic E-state index is 11.2. The van der Waals surface area contributed by atoms with Crippen LogP contribution in [-0.4, -0.2) is 42.4 Å². The fourth-order valence-corrected chi connectivity index (χ4v) is 2.40. The van der Waals surface area contributed by atoms with E-state index in [2.05, 4.69) is 27.8 Å². The van der Waals surface area contributed by atoms with Gasteiger partial charge in [-0.15, -0.1) is 0 Å². The van der Waals surface area contributed by atoms with Gasteiger partial charge in [-0.05, 0) is 25.3 Å². The molecule has 1 atom stereocenters. The first-order chi connectivity index (χ1) is 7.17. The van der Waals surface area contributed by atoms with Crippen molar-refractivity contribution in [3.05, 3.63) is 0 Å². The molecule has 0 spiro atoms. The van der Waals surface area contributed by atoms with Gasteiger partial charge in [0.15, 0.2) is 0 Å². The number of halogens is 1. The first kappa shape index (κ1) is 13.0. The van der Waals surface area contributed by atoms with Crippen LogP contribution >= 0.6 is 15.9 Å². The first-order valence-electron chi connectivity index (χ1n) is 5.61. The Bertz CT molecular complexity index is 207. The second-order valence-electron chi connectivity index (χ2n) is 4.14. The van der Waals surface area contributed by atoms with Crippen LogP contribution in [0.3, 0.4) is 0 Å². The number of hydrogen-bond acceptors (Lipinski definition) is 3. The van der Waals surface area contributed by atoms with Crippen LogP contribution in [-0.2, 0) is 9.53 Å². The van der Waals surface area contributed by atoms with E-state index < -0.39 is 0 Å². The highest BCUT2D eigenvalue weighted by atomic mass is 79.9. The Kier molecular flexibility index (Phi) is 5.61. The fourth-order valence-electron chi connectivity index (χ4n) is 1.80. The van der Waals surface area contributed by atoms with Crippen molar-refractivity contribution in [3.63, 3.8) is 0 Å². The molecule has 15 heavy (non-hydrogen) atoms. The Morgan fingerprint density at radius 2 is 2.27 bits per heavy atom. The minimum atomic E-state index is -0.192. The summed E-state index contributed by atoms with van der Waals surface area (Å²) in [4.78, 5) is 13.4. The number of alkyl halides is 1. The highest BCUT2D eigenvalue weighted by molar-refractivity contribution is 9.10. The summed E-state index contributed by atoms with van der Waals surface area (Å²) in [7, 11) is 1.43. The van der Waals surface area contributed by atoms with Crippen LogP contribution in [0, 0.1) is 5.92 Å².